The Bertz CT molecular complexity index is 1170. The minimum absolute atomic E-state index is 0. The molecule has 0 amide bonds. The van der Waals surface area contributed by atoms with Crippen LogP contribution in [0.15, 0.2) is 53.7 Å². The van der Waals surface area contributed by atoms with Crippen LogP contribution >= 0.6 is 37.2 Å². The summed E-state index contributed by atoms with van der Waals surface area (Å²) in [6.07, 6.45) is 9.76. The third-order valence-corrected chi connectivity index (χ3v) is 7.24. The van der Waals surface area contributed by atoms with Crippen molar-refractivity contribution >= 4 is 48.9 Å². The smallest absolute Gasteiger partial charge is 0.255 e. The van der Waals surface area contributed by atoms with Gasteiger partial charge in [0.05, 0.1) is 11.4 Å². The number of benzene rings is 1. The van der Waals surface area contributed by atoms with Crippen molar-refractivity contribution in [1.82, 2.24) is 24.8 Å². The van der Waals surface area contributed by atoms with Crippen molar-refractivity contribution in [1.29, 1.82) is 0 Å². The summed E-state index contributed by atoms with van der Waals surface area (Å²) in [5, 5.41) is 3.64. The van der Waals surface area contributed by atoms with Crippen molar-refractivity contribution in [2.45, 2.75) is 44.2 Å². The van der Waals surface area contributed by atoms with Gasteiger partial charge in [-0.3, -0.25) is 9.36 Å². The molecule has 1 saturated heterocycles. The molecule has 1 aliphatic heterocycles. The molecule has 1 aromatic carbocycles. The van der Waals surface area contributed by atoms with Gasteiger partial charge in [-0.1, -0.05) is 31.4 Å². The lowest BCUT2D eigenvalue weighted by Crippen LogP contribution is -2.47. The van der Waals surface area contributed by atoms with E-state index in [-0.39, 0.29) is 48.8 Å². The van der Waals surface area contributed by atoms with E-state index >= 15 is 0 Å². The van der Waals surface area contributed by atoms with E-state index in [0.29, 0.717) is 23.4 Å². The molecule has 5 rings (SSSR count). The van der Waals surface area contributed by atoms with E-state index in [9.17, 15) is 4.79 Å². The highest BCUT2D eigenvalue weighted by molar-refractivity contribution is 5.86. The van der Waals surface area contributed by atoms with E-state index in [1.54, 1.807) is 23.9 Å². The molecule has 2 fully saturated rings. The first kappa shape index (κ1) is 30.8. The van der Waals surface area contributed by atoms with Crippen LogP contribution < -0.4 is 20.7 Å². The van der Waals surface area contributed by atoms with Crippen LogP contribution in [0.4, 0.5) is 11.6 Å². The molecule has 202 valence electrons. The maximum atomic E-state index is 12.7. The third-order valence-electron chi connectivity index (χ3n) is 7.24. The molecule has 8 nitrogen and oxygen atoms in total. The van der Waals surface area contributed by atoms with Crippen molar-refractivity contribution in [2.24, 2.45) is 7.05 Å². The van der Waals surface area contributed by atoms with E-state index in [1.807, 2.05) is 0 Å². The van der Waals surface area contributed by atoms with E-state index in [4.69, 9.17) is 4.98 Å². The quantitative estimate of drug-likeness (QED) is 0.488. The lowest BCUT2D eigenvalue weighted by molar-refractivity contribution is 0.427. The highest BCUT2D eigenvalue weighted by atomic mass is 35.5. The molecule has 3 heterocycles. The summed E-state index contributed by atoms with van der Waals surface area (Å²) in [5.74, 6) is 0.668. The minimum Gasteiger partial charge on any atom is -0.372 e. The van der Waals surface area contributed by atoms with Gasteiger partial charge in [-0.05, 0) is 36.6 Å². The molecule has 3 aromatic rings. The van der Waals surface area contributed by atoms with Gasteiger partial charge in [0, 0.05) is 63.8 Å². The van der Waals surface area contributed by atoms with Crippen molar-refractivity contribution in [3.8, 4) is 11.4 Å². The van der Waals surface area contributed by atoms with Gasteiger partial charge >= 0.3 is 0 Å². The summed E-state index contributed by atoms with van der Waals surface area (Å²) >= 11 is 0. The molecule has 2 aliphatic rings. The van der Waals surface area contributed by atoms with Gasteiger partial charge in [-0.15, -0.1) is 37.2 Å². The number of rotatable bonds is 5. The topological polar surface area (TPSA) is 79.2 Å². The molecule has 1 N–H and O–H groups in total. The normalized spacial score (nSPS) is 17.7. The van der Waals surface area contributed by atoms with Crippen molar-refractivity contribution in [2.75, 3.05) is 36.5 Å². The molecule has 2 aromatic heterocycles. The van der Waals surface area contributed by atoms with E-state index in [2.05, 4.69) is 56.4 Å². The number of hydrogen-bond donors (Lipinski definition) is 1. The van der Waals surface area contributed by atoms with Crippen LogP contribution in [0.2, 0.25) is 0 Å². The van der Waals surface area contributed by atoms with Crippen molar-refractivity contribution in [3.05, 3.63) is 64.8 Å². The first-order valence-electron chi connectivity index (χ1n) is 12.3. The number of hydrogen-bond acceptors (Lipinski definition) is 7. The van der Waals surface area contributed by atoms with Crippen LogP contribution in [0.1, 0.15) is 43.7 Å². The second-order valence-electron chi connectivity index (χ2n) is 9.38. The number of piperazine rings is 1. The Hall–Kier alpha value is -2.39. The molecular formula is C26H36Cl3N7O. The van der Waals surface area contributed by atoms with Crippen LogP contribution in [0.5, 0.6) is 0 Å². The molecule has 37 heavy (non-hydrogen) atoms. The van der Waals surface area contributed by atoms with Crippen LogP contribution in [-0.4, -0.2) is 52.2 Å². The molecular weight excluding hydrogens is 533 g/mol. The number of aromatic nitrogens is 4. The second kappa shape index (κ2) is 14.0. The largest absolute Gasteiger partial charge is 0.372 e. The minimum atomic E-state index is -0.0937. The van der Waals surface area contributed by atoms with E-state index < -0.39 is 0 Å². The predicted molar refractivity (Wildman–Crippen MR) is 157 cm³/mol. The monoisotopic (exact) mass is 567 g/mol. The highest BCUT2D eigenvalue weighted by Gasteiger charge is 2.25. The summed E-state index contributed by atoms with van der Waals surface area (Å²) < 4.78 is 1.62. The number of nitrogens with one attached hydrogen (secondary N) is 1. The Balaban J connectivity index is 0.00000160. The average molecular weight is 569 g/mol. The second-order valence-corrected chi connectivity index (χ2v) is 9.38. The average Bonchev–Trinajstić information content (AvgIpc) is 2.91. The summed E-state index contributed by atoms with van der Waals surface area (Å²) in [4.78, 5) is 30.4. The Morgan fingerprint density at radius 1 is 1.00 bits per heavy atom. The number of anilines is 2. The van der Waals surface area contributed by atoms with Crippen molar-refractivity contribution in [3.63, 3.8) is 0 Å². The molecule has 0 spiro atoms. The molecule has 0 bridgehead atoms. The van der Waals surface area contributed by atoms with Gasteiger partial charge in [0.1, 0.15) is 6.33 Å². The van der Waals surface area contributed by atoms with E-state index in [0.717, 1.165) is 19.6 Å². The third kappa shape index (κ3) is 6.93. The SMILES string of the molecule is CN(c1ccc([C@H]2CN(c3nc(-c4ccncn4)cc(=O)n3C)CCN2)cc1)C1CCCCC1.Cl.Cl.Cl. The van der Waals surface area contributed by atoms with Gasteiger partial charge in [0.15, 0.2) is 0 Å². The van der Waals surface area contributed by atoms with Gasteiger partial charge in [-0.2, -0.15) is 0 Å². The zero-order chi connectivity index (χ0) is 23.5. The van der Waals surface area contributed by atoms with Crippen LogP contribution in [-0.2, 0) is 7.05 Å². The first-order chi connectivity index (χ1) is 16.6. The Morgan fingerprint density at radius 3 is 2.41 bits per heavy atom. The van der Waals surface area contributed by atoms with Gasteiger partial charge in [0.25, 0.3) is 5.56 Å². The lowest BCUT2D eigenvalue weighted by atomic mass is 9.94. The fourth-order valence-corrected chi connectivity index (χ4v) is 5.16. The molecule has 11 heteroatoms. The Labute approximate surface area is 237 Å². The van der Waals surface area contributed by atoms with Crippen LogP contribution in [0, 0.1) is 0 Å². The molecule has 1 aliphatic carbocycles. The molecule has 1 atom stereocenters. The highest BCUT2D eigenvalue weighted by Crippen LogP contribution is 2.28. The summed E-state index contributed by atoms with van der Waals surface area (Å²) in [7, 11) is 4.00. The van der Waals surface area contributed by atoms with E-state index in [1.165, 1.54) is 55.7 Å². The summed E-state index contributed by atoms with van der Waals surface area (Å²) in [6, 6.07) is 13.1. The molecule has 0 radical (unpaired) electrons. The standard InChI is InChI=1S/C26H33N7O.3ClH/c1-31(20-6-4-3-5-7-20)21-10-8-19(9-11-21)24-17-33(15-14-28-24)26-30-23(16-25(34)32(26)2)22-12-13-27-18-29-22;;;/h8-13,16,18,20,24,28H,3-7,14-15,17H2,1-2H3;3*1H/t24-;;;/m1.../s1. The van der Waals surface area contributed by atoms with Crippen LogP contribution in [0.3, 0.4) is 0 Å². The molecule has 0 unspecified atom stereocenters. The Morgan fingerprint density at radius 2 is 1.73 bits per heavy atom. The molecule has 1 saturated carbocycles. The lowest BCUT2D eigenvalue weighted by Gasteiger charge is -2.36. The van der Waals surface area contributed by atoms with Gasteiger partial charge < -0.3 is 15.1 Å². The predicted octanol–water partition coefficient (Wildman–Crippen LogP) is 4.42. The number of nitrogens with zero attached hydrogens (tertiary/aromatic N) is 6. The number of halogens is 3. The Kier molecular flexibility index (Phi) is 11.6. The van der Waals surface area contributed by atoms with Gasteiger partial charge in [0.2, 0.25) is 5.95 Å². The fraction of sp³-hybridized carbons (Fsp3) is 0.462. The maximum Gasteiger partial charge on any atom is 0.255 e. The zero-order valence-corrected chi connectivity index (χ0v) is 23.7. The maximum absolute atomic E-state index is 12.7. The summed E-state index contributed by atoms with van der Waals surface area (Å²) in [5.41, 5.74) is 3.67. The van der Waals surface area contributed by atoms with Crippen molar-refractivity contribution < 1.29 is 0 Å². The fourth-order valence-electron chi connectivity index (χ4n) is 5.16. The first-order valence-corrected chi connectivity index (χ1v) is 12.3. The zero-order valence-electron chi connectivity index (χ0n) is 21.2. The van der Waals surface area contributed by atoms with Gasteiger partial charge in [-0.25, -0.2) is 15.0 Å². The summed E-state index contributed by atoms with van der Waals surface area (Å²) in [6.45, 7) is 2.35. The van der Waals surface area contributed by atoms with Crippen LogP contribution in [0.25, 0.3) is 11.4 Å².